The summed E-state index contributed by atoms with van der Waals surface area (Å²) in [6.45, 7) is 0. The number of aromatic nitrogens is 2. The molecule has 0 spiro atoms. The van der Waals surface area contributed by atoms with Crippen molar-refractivity contribution in [3.63, 3.8) is 0 Å². The summed E-state index contributed by atoms with van der Waals surface area (Å²) in [6, 6.07) is 19.9. The highest BCUT2D eigenvalue weighted by atomic mass is 32.2. The molecular formula is C22H18N6O5S. The fraction of sp³-hybridized carbons (Fsp3) is 0. The van der Waals surface area contributed by atoms with E-state index in [-0.39, 0.29) is 10.6 Å². The number of nitro benzene ring substituents is 1. The van der Waals surface area contributed by atoms with Crippen LogP contribution in [0.4, 0.5) is 21.9 Å². The number of primary sulfonamides is 1. The largest absolute Gasteiger partial charge is 0.323 e. The van der Waals surface area contributed by atoms with Gasteiger partial charge in [0.25, 0.3) is 5.69 Å². The summed E-state index contributed by atoms with van der Waals surface area (Å²) < 4.78 is 24.7. The average molecular weight is 478 g/mol. The van der Waals surface area contributed by atoms with Crippen LogP contribution < -0.4 is 15.8 Å². The molecule has 1 aromatic heterocycles. The van der Waals surface area contributed by atoms with E-state index in [0.717, 1.165) is 5.56 Å². The number of nitrogens with zero attached hydrogens (tertiary/aromatic N) is 3. The number of amides is 2. The van der Waals surface area contributed by atoms with Gasteiger partial charge in [0.1, 0.15) is 0 Å². The van der Waals surface area contributed by atoms with Gasteiger partial charge in [-0.3, -0.25) is 10.1 Å². The first-order valence-corrected chi connectivity index (χ1v) is 11.4. The molecule has 0 saturated carbocycles. The normalized spacial score (nSPS) is 11.1. The van der Waals surface area contributed by atoms with E-state index in [1.165, 1.54) is 42.6 Å². The van der Waals surface area contributed by atoms with Gasteiger partial charge in [-0.05, 0) is 36.4 Å². The molecule has 12 heteroatoms. The summed E-state index contributed by atoms with van der Waals surface area (Å²) in [5.41, 5.74) is 2.53. The Bertz CT molecular complexity index is 1450. The summed E-state index contributed by atoms with van der Waals surface area (Å²) in [6.07, 6.45) is 1.46. The molecule has 0 bridgehead atoms. The number of carbonyl (C=O) groups excluding carboxylic acids is 1. The average Bonchev–Trinajstić information content (AvgIpc) is 3.22. The number of non-ortho nitro benzene ring substituents is 1. The van der Waals surface area contributed by atoms with Gasteiger partial charge in [0.15, 0.2) is 0 Å². The predicted octanol–water partition coefficient (Wildman–Crippen LogP) is 3.74. The van der Waals surface area contributed by atoms with Crippen molar-refractivity contribution >= 4 is 33.1 Å². The van der Waals surface area contributed by atoms with E-state index in [1.54, 1.807) is 16.8 Å². The van der Waals surface area contributed by atoms with Crippen LogP contribution in [0.15, 0.2) is 90.0 Å². The first kappa shape index (κ1) is 22.6. The van der Waals surface area contributed by atoms with Crippen LogP contribution in [0.5, 0.6) is 0 Å². The highest BCUT2D eigenvalue weighted by Crippen LogP contribution is 2.31. The minimum Gasteiger partial charge on any atom is -0.308 e. The number of sulfonamides is 1. The number of nitrogens with two attached hydrogens (primary N) is 1. The van der Waals surface area contributed by atoms with Crippen LogP contribution in [-0.4, -0.2) is 29.2 Å². The second-order valence-corrected chi connectivity index (χ2v) is 8.67. The van der Waals surface area contributed by atoms with E-state index < -0.39 is 21.0 Å². The molecule has 34 heavy (non-hydrogen) atoms. The number of nitro groups is 1. The molecule has 4 aromatic rings. The van der Waals surface area contributed by atoms with Gasteiger partial charge in [0, 0.05) is 23.4 Å². The molecule has 172 valence electrons. The lowest BCUT2D eigenvalue weighted by Gasteiger charge is -2.12. The molecule has 0 aliphatic carbocycles. The molecule has 4 rings (SSSR count). The lowest BCUT2D eigenvalue weighted by atomic mass is 10.1. The molecule has 0 aliphatic heterocycles. The Labute approximate surface area is 194 Å². The van der Waals surface area contributed by atoms with Gasteiger partial charge < -0.3 is 10.6 Å². The van der Waals surface area contributed by atoms with Crippen molar-refractivity contribution in [1.82, 2.24) is 9.78 Å². The van der Waals surface area contributed by atoms with E-state index in [1.807, 2.05) is 30.3 Å². The molecule has 11 nitrogen and oxygen atoms in total. The third kappa shape index (κ3) is 4.92. The van der Waals surface area contributed by atoms with Gasteiger partial charge in [-0.2, -0.15) is 5.10 Å². The predicted molar refractivity (Wildman–Crippen MR) is 126 cm³/mol. The van der Waals surface area contributed by atoms with Crippen LogP contribution in [0.2, 0.25) is 0 Å². The third-order valence-electron chi connectivity index (χ3n) is 4.81. The topological polar surface area (TPSA) is 162 Å². The maximum absolute atomic E-state index is 12.6. The van der Waals surface area contributed by atoms with Gasteiger partial charge >= 0.3 is 6.03 Å². The number of rotatable bonds is 6. The molecule has 0 radical (unpaired) electrons. The second-order valence-electron chi connectivity index (χ2n) is 7.11. The molecule has 1 heterocycles. The second kappa shape index (κ2) is 9.13. The fourth-order valence-corrected chi connectivity index (χ4v) is 3.75. The summed E-state index contributed by atoms with van der Waals surface area (Å²) in [4.78, 5) is 22.8. The van der Waals surface area contributed by atoms with Crippen LogP contribution in [0.25, 0.3) is 16.9 Å². The van der Waals surface area contributed by atoms with Crippen LogP contribution >= 0.6 is 0 Å². The van der Waals surface area contributed by atoms with E-state index in [2.05, 4.69) is 15.7 Å². The van der Waals surface area contributed by atoms with Crippen molar-refractivity contribution in [3.05, 3.63) is 95.2 Å². The Morgan fingerprint density at radius 2 is 1.59 bits per heavy atom. The Morgan fingerprint density at radius 1 is 0.941 bits per heavy atom. The number of hydrogen-bond donors (Lipinski definition) is 3. The van der Waals surface area contributed by atoms with Crippen molar-refractivity contribution in [2.45, 2.75) is 4.90 Å². The first-order chi connectivity index (χ1) is 16.2. The summed E-state index contributed by atoms with van der Waals surface area (Å²) in [5.74, 6) is 0. The monoisotopic (exact) mass is 478 g/mol. The number of benzene rings is 3. The van der Waals surface area contributed by atoms with Crippen LogP contribution in [-0.2, 0) is 10.0 Å². The lowest BCUT2D eigenvalue weighted by molar-refractivity contribution is -0.384. The molecular weight excluding hydrogens is 460 g/mol. The van der Waals surface area contributed by atoms with E-state index in [9.17, 15) is 23.3 Å². The summed E-state index contributed by atoms with van der Waals surface area (Å²) in [7, 11) is -3.84. The fourth-order valence-electron chi connectivity index (χ4n) is 3.24. The Balaban J connectivity index is 1.64. The molecule has 0 fully saturated rings. The smallest absolute Gasteiger partial charge is 0.308 e. The van der Waals surface area contributed by atoms with Crippen molar-refractivity contribution < 1.29 is 18.1 Å². The first-order valence-electron chi connectivity index (χ1n) is 9.81. The van der Waals surface area contributed by atoms with Crippen LogP contribution in [0, 0.1) is 10.1 Å². The lowest BCUT2D eigenvalue weighted by Crippen LogP contribution is -2.19. The molecule has 3 aromatic carbocycles. The minimum absolute atomic E-state index is 0.0366. The highest BCUT2D eigenvalue weighted by Gasteiger charge is 2.17. The minimum atomic E-state index is -3.84. The number of nitrogens with one attached hydrogen (secondary N) is 2. The molecule has 0 unspecified atom stereocenters. The Morgan fingerprint density at radius 3 is 2.18 bits per heavy atom. The van der Waals surface area contributed by atoms with Gasteiger partial charge in [0.05, 0.1) is 33.1 Å². The van der Waals surface area contributed by atoms with Gasteiger partial charge in [0.2, 0.25) is 10.0 Å². The zero-order valence-corrected chi connectivity index (χ0v) is 18.3. The number of hydrogen-bond acceptors (Lipinski definition) is 6. The SMILES string of the molecule is NS(=O)(=O)c1ccc(-n2ncc(NC(=O)Nc3ccc([N+](=O)[O-])cc3)c2-c2ccccc2)cc1. The summed E-state index contributed by atoms with van der Waals surface area (Å²) >= 11 is 0. The molecule has 0 aliphatic rings. The van der Waals surface area contributed by atoms with E-state index in [4.69, 9.17) is 5.14 Å². The highest BCUT2D eigenvalue weighted by molar-refractivity contribution is 7.89. The van der Waals surface area contributed by atoms with Crippen LogP contribution in [0.1, 0.15) is 0 Å². The Hall–Kier alpha value is -4.55. The number of urea groups is 1. The van der Waals surface area contributed by atoms with Gasteiger partial charge in [-0.15, -0.1) is 0 Å². The molecule has 0 atom stereocenters. The van der Waals surface area contributed by atoms with Gasteiger partial charge in [-0.1, -0.05) is 30.3 Å². The summed E-state index contributed by atoms with van der Waals surface area (Å²) in [5, 5.41) is 25.7. The maximum Gasteiger partial charge on any atom is 0.323 e. The van der Waals surface area contributed by atoms with E-state index >= 15 is 0 Å². The molecule has 4 N–H and O–H groups in total. The van der Waals surface area contributed by atoms with Crippen LogP contribution in [0.3, 0.4) is 0 Å². The van der Waals surface area contributed by atoms with Crippen molar-refractivity contribution in [1.29, 1.82) is 0 Å². The van der Waals surface area contributed by atoms with Crippen molar-refractivity contribution in [2.24, 2.45) is 5.14 Å². The zero-order valence-electron chi connectivity index (χ0n) is 17.5. The quantitative estimate of drug-likeness (QED) is 0.282. The van der Waals surface area contributed by atoms with E-state index in [0.29, 0.717) is 22.8 Å². The van der Waals surface area contributed by atoms with Crippen molar-refractivity contribution in [2.75, 3.05) is 10.6 Å². The van der Waals surface area contributed by atoms with Gasteiger partial charge in [-0.25, -0.2) is 23.0 Å². The third-order valence-corrected chi connectivity index (χ3v) is 5.74. The Kier molecular flexibility index (Phi) is 6.08. The standard InChI is InChI=1S/C22H18N6O5S/c23-34(32,33)19-12-10-17(11-13-19)27-21(15-4-2-1-3-5-15)20(14-24-27)26-22(29)25-16-6-8-18(9-7-16)28(30)31/h1-14H,(H2,23,32,33)(H2,25,26,29). The molecule has 2 amide bonds. The molecule has 0 saturated heterocycles. The maximum atomic E-state index is 12.6. The van der Waals surface area contributed by atoms with Crippen molar-refractivity contribution in [3.8, 4) is 16.9 Å². The zero-order chi connectivity index (χ0) is 24.3. The number of carbonyl (C=O) groups is 1. The number of anilines is 2.